The summed E-state index contributed by atoms with van der Waals surface area (Å²) in [5.41, 5.74) is 0.666. The van der Waals surface area contributed by atoms with Crippen LogP contribution < -0.4 is 5.32 Å². The van der Waals surface area contributed by atoms with Gasteiger partial charge in [0.2, 0.25) is 0 Å². The van der Waals surface area contributed by atoms with Gasteiger partial charge in [-0.05, 0) is 18.6 Å². The molecular formula is C15H22FN3O. The van der Waals surface area contributed by atoms with Gasteiger partial charge in [0.05, 0.1) is 5.56 Å². The molecular weight excluding hydrogens is 257 g/mol. The van der Waals surface area contributed by atoms with Gasteiger partial charge in [-0.2, -0.15) is 0 Å². The van der Waals surface area contributed by atoms with Crippen molar-refractivity contribution in [2.24, 2.45) is 0 Å². The number of likely N-dealkylation sites (N-methyl/N-ethyl adjacent to an activating group) is 1. The number of hydrogen-bond acceptors (Lipinski definition) is 3. The number of carbonyl (C=O) groups excluding carboxylic acids is 1. The zero-order valence-electron chi connectivity index (χ0n) is 12.2. The topological polar surface area (TPSA) is 35.6 Å². The lowest BCUT2D eigenvalue weighted by Gasteiger charge is -2.29. The maximum atomic E-state index is 13.9. The highest BCUT2D eigenvalue weighted by molar-refractivity contribution is 5.94. The van der Waals surface area contributed by atoms with Crippen molar-refractivity contribution in [3.63, 3.8) is 0 Å². The molecule has 5 heteroatoms. The second-order valence-electron chi connectivity index (χ2n) is 5.25. The molecule has 0 bridgehead atoms. The van der Waals surface area contributed by atoms with Crippen LogP contribution in [0.25, 0.3) is 0 Å². The smallest absolute Gasteiger partial charge is 0.256 e. The Bertz CT molecular complexity index is 472. The van der Waals surface area contributed by atoms with E-state index in [1.807, 2.05) is 0 Å². The van der Waals surface area contributed by atoms with E-state index in [-0.39, 0.29) is 11.5 Å². The van der Waals surface area contributed by atoms with Crippen molar-refractivity contribution < 1.29 is 9.18 Å². The lowest BCUT2D eigenvalue weighted by molar-refractivity contribution is 0.0770. The van der Waals surface area contributed by atoms with E-state index >= 15 is 0 Å². The Morgan fingerprint density at radius 3 is 2.80 bits per heavy atom. The van der Waals surface area contributed by atoms with Crippen LogP contribution in [0.3, 0.4) is 0 Å². The highest BCUT2D eigenvalue weighted by Crippen LogP contribution is 2.13. The molecule has 0 saturated carbocycles. The molecule has 0 aromatic heterocycles. The van der Waals surface area contributed by atoms with E-state index in [0.717, 1.165) is 32.7 Å². The molecule has 0 atom stereocenters. The normalized spacial score (nSPS) is 16.1. The minimum absolute atomic E-state index is 0.160. The zero-order chi connectivity index (χ0) is 14.5. The standard InChI is InChI=1S/C15H22FN3O/c1-12-4-3-5-13(14(12)16)15(20)18(2)10-11-19-8-6-17-7-9-19/h3-5,17H,6-11H2,1-2H3. The molecule has 1 amide bonds. The quantitative estimate of drug-likeness (QED) is 0.897. The summed E-state index contributed by atoms with van der Waals surface area (Å²) in [5.74, 6) is -0.659. The highest BCUT2D eigenvalue weighted by Gasteiger charge is 2.18. The van der Waals surface area contributed by atoms with Gasteiger partial charge in [0.1, 0.15) is 5.82 Å². The summed E-state index contributed by atoms with van der Waals surface area (Å²) in [5, 5.41) is 3.29. The number of benzene rings is 1. The Labute approximate surface area is 119 Å². The van der Waals surface area contributed by atoms with Crippen LogP contribution in [0.15, 0.2) is 18.2 Å². The lowest BCUT2D eigenvalue weighted by atomic mass is 10.1. The molecule has 1 saturated heterocycles. The first-order valence-electron chi connectivity index (χ1n) is 7.03. The Balaban J connectivity index is 1.92. The molecule has 1 aromatic carbocycles. The predicted octanol–water partition coefficient (Wildman–Crippen LogP) is 1.11. The fourth-order valence-corrected chi connectivity index (χ4v) is 2.35. The van der Waals surface area contributed by atoms with Crippen molar-refractivity contribution in [1.29, 1.82) is 0 Å². The molecule has 1 aromatic rings. The summed E-state index contributed by atoms with van der Waals surface area (Å²) in [6, 6.07) is 4.94. The Kier molecular flexibility index (Phi) is 5.09. The van der Waals surface area contributed by atoms with Crippen LogP contribution in [-0.4, -0.2) is 62.0 Å². The summed E-state index contributed by atoms with van der Waals surface area (Å²) < 4.78 is 13.9. The second kappa shape index (κ2) is 6.81. The molecule has 2 rings (SSSR count). The fraction of sp³-hybridized carbons (Fsp3) is 0.533. The van der Waals surface area contributed by atoms with Gasteiger partial charge in [0, 0.05) is 46.3 Å². The monoisotopic (exact) mass is 279 g/mol. The number of amides is 1. The van der Waals surface area contributed by atoms with Gasteiger partial charge in [-0.3, -0.25) is 9.69 Å². The minimum atomic E-state index is -0.411. The van der Waals surface area contributed by atoms with Gasteiger partial charge in [0.25, 0.3) is 5.91 Å². The molecule has 20 heavy (non-hydrogen) atoms. The van der Waals surface area contributed by atoms with Gasteiger partial charge < -0.3 is 10.2 Å². The van der Waals surface area contributed by atoms with Crippen LogP contribution in [0.2, 0.25) is 0 Å². The predicted molar refractivity (Wildman–Crippen MR) is 77.4 cm³/mol. The van der Waals surface area contributed by atoms with E-state index in [4.69, 9.17) is 0 Å². The first kappa shape index (κ1) is 14.9. The first-order chi connectivity index (χ1) is 9.59. The molecule has 1 N–H and O–H groups in total. The van der Waals surface area contributed by atoms with Crippen molar-refractivity contribution in [1.82, 2.24) is 15.1 Å². The zero-order valence-corrected chi connectivity index (χ0v) is 12.2. The number of halogens is 1. The number of carbonyl (C=O) groups is 1. The highest BCUT2D eigenvalue weighted by atomic mass is 19.1. The lowest BCUT2D eigenvalue weighted by Crippen LogP contribution is -2.46. The third kappa shape index (κ3) is 3.55. The van der Waals surface area contributed by atoms with Crippen molar-refractivity contribution in [3.8, 4) is 0 Å². The number of piperazine rings is 1. The summed E-state index contributed by atoms with van der Waals surface area (Å²) in [7, 11) is 1.73. The molecule has 1 aliphatic heterocycles. The maximum Gasteiger partial charge on any atom is 0.256 e. The van der Waals surface area contributed by atoms with Crippen LogP contribution in [0, 0.1) is 12.7 Å². The van der Waals surface area contributed by atoms with Crippen molar-refractivity contribution in [2.45, 2.75) is 6.92 Å². The van der Waals surface area contributed by atoms with Crippen LogP contribution in [0.4, 0.5) is 4.39 Å². The Morgan fingerprint density at radius 1 is 1.40 bits per heavy atom. The molecule has 1 fully saturated rings. The number of nitrogens with zero attached hydrogens (tertiary/aromatic N) is 2. The Morgan fingerprint density at radius 2 is 2.10 bits per heavy atom. The van der Waals surface area contributed by atoms with Gasteiger partial charge in [-0.25, -0.2) is 4.39 Å². The van der Waals surface area contributed by atoms with E-state index in [9.17, 15) is 9.18 Å². The average molecular weight is 279 g/mol. The van der Waals surface area contributed by atoms with E-state index in [0.29, 0.717) is 12.1 Å². The van der Waals surface area contributed by atoms with Gasteiger partial charge >= 0.3 is 0 Å². The Hall–Kier alpha value is -1.46. The van der Waals surface area contributed by atoms with E-state index in [2.05, 4.69) is 10.2 Å². The number of aryl methyl sites for hydroxylation is 1. The summed E-state index contributed by atoms with van der Waals surface area (Å²) in [4.78, 5) is 16.2. The largest absolute Gasteiger partial charge is 0.340 e. The van der Waals surface area contributed by atoms with Crippen molar-refractivity contribution in [3.05, 3.63) is 35.1 Å². The van der Waals surface area contributed by atoms with Crippen LogP contribution in [-0.2, 0) is 0 Å². The van der Waals surface area contributed by atoms with Crippen molar-refractivity contribution >= 4 is 5.91 Å². The summed E-state index contributed by atoms with van der Waals surface area (Å²) in [6.45, 7) is 7.10. The van der Waals surface area contributed by atoms with E-state index < -0.39 is 5.82 Å². The van der Waals surface area contributed by atoms with Crippen LogP contribution in [0.5, 0.6) is 0 Å². The number of nitrogens with one attached hydrogen (secondary N) is 1. The number of rotatable bonds is 4. The third-order valence-corrected chi connectivity index (χ3v) is 3.73. The fourth-order valence-electron chi connectivity index (χ4n) is 2.35. The summed E-state index contributed by atoms with van der Waals surface area (Å²) in [6.07, 6.45) is 0. The SMILES string of the molecule is Cc1cccc(C(=O)N(C)CCN2CCNCC2)c1F. The number of hydrogen-bond donors (Lipinski definition) is 1. The average Bonchev–Trinajstić information content (AvgIpc) is 2.48. The van der Waals surface area contributed by atoms with Gasteiger partial charge in [-0.1, -0.05) is 12.1 Å². The van der Waals surface area contributed by atoms with E-state index in [1.54, 1.807) is 37.1 Å². The van der Waals surface area contributed by atoms with Gasteiger partial charge in [0.15, 0.2) is 0 Å². The molecule has 0 spiro atoms. The van der Waals surface area contributed by atoms with Crippen LogP contribution in [0.1, 0.15) is 15.9 Å². The summed E-state index contributed by atoms with van der Waals surface area (Å²) >= 11 is 0. The molecule has 0 aliphatic carbocycles. The molecule has 0 radical (unpaired) electrons. The van der Waals surface area contributed by atoms with E-state index in [1.165, 1.54) is 0 Å². The first-order valence-corrected chi connectivity index (χ1v) is 7.03. The molecule has 1 heterocycles. The molecule has 110 valence electrons. The minimum Gasteiger partial charge on any atom is -0.340 e. The molecule has 4 nitrogen and oxygen atoms in total. The van der Waals surface area contributed by atoms with Crippen LogP contribution >= 0.6 is 0 Å². The maximum absolute atomic E-state index is 13.9. The molecule has 0 unspecified atom stereocenters. The van der Waals surface area contributed by atoms with Gasteiger partial charge in [-0.15, -0.1) is 0 Å². The third-order valence-electron chi connectivity index (χ3n) is 3.73. The molecule has 1 aliphatic rings. The van der Waals surface area contributed by atoms with Crippen molar-refractivity contribution in [2.75, 3.05) is 46.3 Å². The second-order valence-corrected chi connectivity index (χ2v) is 5.25.